The lowest BCUT2D eigenvalue weighted by atomic mass is 10.0. The molecule has 5 rings (SSSR count). The van der Waals surface area contributed by atoms with E-state index in [2.05, 4.69) is 30.5 Å². The maximum atomic E-state index is 13.0. The molecule has 0 saturated heterocycles. The molecule has 0 unspecified atom stereocenters. The molecule has 3 heterocycles. The van der Waals surface area contributed by atoms with E-state index in [1.807, 2.05) is 44.3 Å². The normalized spacial score (nSPS) is 13.1. The molecule has 194 valence electrons. The number of aryl methyl sites for hydroxylation is 2. The van der Waals surface area contributed by atoms with Gasteiger partial charge in [0.05, 0.1) is 23.1 Å². The number of nitrogens with one attached hydrogen (secondary N) is 2. The van der Waals surface area contributed by atoms with Gasteiger partial charge >= 0.3 is 6.18 Å². The first-order chi connectivity index (χ1) is 18.2. The first-order valence-electron chi connectivity index (χ1n) is 12.0. The van der Waals surface area contributed by atoms with Crippen molar-refractivity contribution >= 4 is 28.9 Å². The summed E-state index contributed by atoms with van der Waals surface area (Å²) in [5, 5.41) is 5.91. The largest absolute Gasteiger partial charge is 0.416 e. The molecule has 0 bridgehead atoms. The molecule has 7 nitrogen and oxygen atoms in total. The van der Waals surface area contributed by atoms with Crippen molar-refractivity contribution in [2.24, 2.45) is 0 Å². The van der Waals surface area contributed by atoms with Crippen molar-refractivity contribution in [2.45, 2.75) is 33.0 Å². The molecule has 1 aliphatic rings. The lowest BCUT2D eigenvalue weighted by Gasteiger charge is -2.31. The van der Waals surface area contributed by atoms with Crippen molar-refractivity contribution < 1.29 is 18.0 Å². The van der Waals surface area contributed by atoms with Crippen molar-refractivity contribution in [1.82, 2.24) is 15.0 Å². The summed E-state index contributed by atoms with van der Waals surface area (Å²) in [5.74, 6) is -0.0922. The van der Waals surface area contributed by atoms with E-state index in [1.165, 1.54) is 12.1 Å². The van der Waals surface area contributed by atoms with Crippen LogP contribution in [0.15, 0.2) is 67.0 Å². The average Bonchev–Trinajstić information content (AvgIpc) is 2.90. The summed E-state index contributed by atoms with van der Waals surface area (Å²) in [6.45, 7) is 5.20. The van der Waals surface area contributed by atoms with Gasteiger partial charge in [0, 0.05) is 53.9 Å². The SMILES string of the molecule is Cc1ccc(Nc2ncc3c(n2)CCN(c2cc(NC(=O)c4cccc(C(F)(F)F)c4)ccc2C)C3)cn1. The molecule has 2 N–H and O–H groups in total. The number of fused-ring (bicyclic) bond motifs is 1. The second kappa shape index (κ2) is 10.1. The number of aromatic nitrogens is 3. The summed E-state index contributed by atoms with van der Waals surface area (Å²) in [5.41, 5.74) is 5.22. The molecule has 0 aliphatic carbocycles. The Morgan fingerprint density at radius 2 is 1.79 bits per heavy atom. The van der Waals surface area contributed by atoms with E-state index in [0.29, 0.717) is 31.1 Å². The summed E-state index contributed by atoms with van der Waals surface area (Å²) >= 11 is 0. The van der Waals surface area contributed by atoms with Crippen LogP contribution in [-0.4, -0.2) is 27.4 Å². The molecule has 0 spiro atoms. The molecule has 0 saturated carbocycles. The summed E-state index contributed by atoms with van der Waals surface area (Å²) in [4.78, 5) is 28.3. The van der Waals surface area contributed by atoms with Crippen molar-refractivity contribution in [3.05, 3.63) is 101 Å². The number of benzene rings is 2. The van der Waals surface area contributed by atoms with Crippen LogP contribution in [0.3, 0.4) is 0 Å². The van der Waals surface area contributed by atoms with Gasteiger partial charge in [-0.15, -0.1) is 0 Å². The average molecular weight is 519 g/mol. The number of rotatable bonds is 5. The number of carbonyl (C=O) groups excluding carboxylic acids is 1. The minimum Gasteiger partial charge on any atom is -0.366 e. The first-order valence-corrected chi connectivity index (χ1v) is 12.0. The second-order valence-electron chi connectivity index (χ2n) is 9.18. The minimum absolute atomic E-state index is 0.0585. The second-order valence-corrected chi connectivity index (χ2v) is 9.18. The van der Waals surface area contributed by atoms with E-state index in [4.69, 9.17) is 0 Å². The molecule has 2 aromatic carbocycles. The fourth-order valence-corrected chi connectivity index (χ4v) is 4.32. The first kappa shape index (κ1) is 25.2. The smallest absolute Gasteiger partial charge is 0.366 e. The van der Waals surface area contributed by atoms with E-state index in [9.17, 15) is 18.0 Å². The molecule has 0 atom stereocenters. The number of halogens is 3. The minimum atomic E-state index is -4.52. The Balaban J connectivity index is 1.30. The summed E-state index contributed by atoms with van der Waals surface area (Å²) in [6.07, 6.45) is -0.260. The van der Waals surface area contributed by atoms with Gasteiger partial charge in [-0.25, -0.2) is 9.97 Å². The lowest BCUT2D eigenvalue weighted by Crippen LogP contribution is -2.32. The Morgan fingerprint density at radius 3 is 2.55 bits per heavy atom. The van der Waals surface area contributed by atoms with Gasteiger partial charge in [-0.3, -0.25) is 9.78 Å². The maximum Gasteiger partial charge on any atom is 0.416 e. The fraction of sp³-hybridized carbons (Fsp3) is 0.214. The number of anilines is 4. The van der Waals surface area contributed by atoms with Crippen LogP contribution in [0.25, 0.3) is 0 Å². The van der Waals surface area contributed by atoms with Gasteiger partial charge in [-0.05, 0) is 61.9 Å². The van der Waals surface area contributed by atoms with Crippen molar-refractivity contribution in [3.8, 4) is 0 Å². The van der Waals surface area contributed by atoms with Crippen LogP contribution >= 0.6 is 0 Å². The molecule has 1 aliphatic heterocycles. The maximum absolute atomic E-state index is 13.0. The molecular weight excluding hydrogens is 493 g/mol. The van der Waals surface area contributed by atoms with E-state index in [1.54, 1.807) is 12.3 Å². The van der Waals surface area contributed by atoms with E-state index >= 15 is 0 Å². The molecule has 0 radical (unpaired) electrons. The quantitative estimate of drug-likeness (QED) is 0.334. The predicted molar refractivity (Wildman–Crippen MR) is 140 cm³/mol. The summed E-state index contributed by atoms with van der Waals surface area (Å²) < 4.78 is 39.1. The van der Waals surface area contributed by atoms with Gasteiger partial charge in [0.25, 0.3) is 5.91 Å². The highest BCUT2D eigenvalue weighted by Crippen LogP contribution is 2.31. The molecule has 1 amide bonds. The Kier molecular flexibility index (Phi) is 6.71. The number of pyridine rings is 1. The van der Waals surface area contributed by atoms with Crippen LogP contribution in [0.4, 0.5) is 36.2 Å². The third kappa shape index (κ3) is 5.59. The van der Waals surface area contributed by atoms with Crippen molar-refractivity contribution in [3.63, 3.8) is 0 Å². The fourth-order valence-electron chi connectivity index (χ4n) is 4.32. The van der Waals surface area contributed by atoms with Crippen LogP contribution in [0.1, 0.15) is 38.4 Å². The zero-order valence-electron chi connectivity index (χ0n) is 20.8. The third-order valence-corrected chi connectivity index (χ3v) is 6.36. The Labute approximate surface area is 217 Å². The highest BCUT2D eigenvalue weighted by molar-refractivity contribution is 6.04. The zero-order valence-corrected chi connectivity index (χ0v) is 20.8. The van der Waals surface area contributed by atoms with Gasteiger partial charge in [-0.2, -0.15) is 13.2 Å². The van der Waals surface area contributed by atoms with Crippen molar-refractivity contribution in [1.29, 1.82) is 0 Å². The van der Waals surface area contributed by atoms with Crippen LogP contribution in [0.2, 0.25) is 0 Å². The van der Waals surface area contributed by atoms with Gasteiger partial charge in [0.15, 0.2) is 0 Å². The molecule has 10 heteroatoms. The predicted octanol–water partition coefficient (Wildman–Crippen LogP) is 6.07. The zero-order chi connectivity index (χ0) is 26.9. The highest BCUT2D eigenvalue weighted by atomic mass is 19.4. The Hall–Kier alpha value is -4.47. The van der Waals surface area contributed by atoms with Crippen molar-refractivity contribution in [2.75, 3.05) is 22.1 Å². The monoisotopic (exact) mass is 518 g/mol. The summed E-state index contributed by atoms with van der Waals surface area (Å²) in [7, 11) is 0. The molecule has 2 aromatic heterocycles. The number of hydrogen-bond acceptors (Lipinski definition) is 6. The van der Waals surface area contributed by atoms with Gasteiger partial charge in [0.1, 0.15) is 0 Å². The number of alkyl halides is 3. The highest BCUT2D eigenvalue weighted by Gasteiger charge is 2.31. The van der Waals surface area contributed by atoms with Gasteiger partial charge < -0.3 is 15.5 Å². The van der Waals surface area contributed by atoms with E-state index in [0.717, 1.165) is 46.0 Å². The Bertz CT molecular complexity index is 1490. The molecular formula is C28H25F3N6O. The third-order valence-electron chi connectivity index (χ3n) is 6.36. The molecule has 4 aromatic rings. The number of hydrogen-bond donors (Lipinski definition) is 2. The standard InChI is InChI=1S/C28H25F3N6O/c1-17-6-8-22(34-26(38)19-4-3-5-21(12-19)28(29,30)31)13-25(17)37-11-10-24-20(16-37)14-33-27(36-24)35-23-9-7-18(2)32-15-23/h3-9,12-15H,10-11,16H2,1-2H3,(H,34,38)(H,33,35,36). The number of nitrogens with zero attached hydrogens (tertiary/aromatic N) is 4. The van der Waals surface area contributed by atoms with Gasteiger partial charge in [-0.1, -0.05) is 12.1 Å². The van der Waals surface area contributed by atoms with Crippen LogP contribution in [0, 0.1) is 13.8 Å². The molecule has 38 heavy (non-hydrogen) atoms. The lowest BCUT2D eigenvalue weighted by molar-refractivity contribution is -0.137. The number of amides is 1. The number of carbonyl (C=O) groups is 1. The van der Waals surface area contributed by atoms with E-state index < -0.39 is 17.6 Å². The van der Waals surface area contributed by atoms with E-state index in [-0.39, 0.29) is 5.56 Å². The topological polar surface area (TPSA) is 83.0 Å². The Morgan fingerprint density at radius 1 is 0.974 bits per heavy atom. The van der Waals surface area contributed by atoms with Gasteiger partial charge in [0.2, 0.25) is 5.95 Å². The van der Waals surface area contributed by atoms with Crippen LogP contribution in [0.5, 0.6) is 0 Å². The molecule has 0 fully saturated rings. The van der Waals surface area contributed by atoms with Crippen LogP contribution < -0.4 is 15.5 Å². The van der Waals surface area contributed by atoms with Crippen LogP contribution in [-0.2, 0) is 19.1 Å². The summed E-state index contributed by atoms with van der Waals surface area (Å²) in [6, 6.07) is 13.7.